The van der Waals surface area contributed by atoms with Crippen molar-refractivity contribution in [1.29, 1.82) is 0 Å². The van der Waals surface area contributed by atoms with E-state index in [-0.39, 0.29) is 24.3 Å². The molecule has 5 rings (SSSR count). The van der Waals surface area contributed by atoms with Crippen LogP contribution < -0.4 is 16.4 Å². The van der Waals surface area contributed by atoms with Crippen LogP contribution in [-0.4, -0.2) is 28.9 Å². The Balaban J connectivity index is 1.14. The number of para-hydroxylation sites is 1. The van der Waals surface area contributed by atoms with Gasteiger partial charge in [-0.25, -0.2) is 4.98 Å². The summed E-state index contributed by atoms with van der Waals surface area (Å²) in [4.78, 5) is 31.8. The van der Waals surface area contributed by atoms with E-state index in [0.29, 0.717) is 22.3 Å². The minimum absolute atomic E-state index is 0.00752. The first-order valence-corrected chi connectivity index (χ1v) is 15.5. The standard InChI is InChI=1S/C33H40N4O2S/c34-26-16-12-23(13-17-26)21-24-14-18-27(19-15-24)36-31(38)22-25-7-4-5-11-30(25)37-32(39)29-10-6-20-35-33(29)40-28-8-2-1-3-9-28/h1-11,20,23-24,26-27H,12-19,21-22,34H2,(H,36,38)(H,37,39). The van der Waals surface area contributed by atoms with Crippen molar-refractivity contribution >= 4 is 29.3 Å². The Hall–Kier alpha value is -3.16. The summed E-state index contributed by atoms with van der Waals surface area (Å²) in [5.74, 6) is 1.38. The van der Waals surface area contributed by atoms with E-state index in [1.165, 1.54) is 56.7 Å². The zero-order valence-corrected chi connectivity index (χ0v) is 23.9. The Kier molecular flexibility index (Phi) is 9.90. The van der Waals surface area contributed by atoms with Crippen LogP contribution in [0.15, 0.2) is 82.8 Å². The molecule has 2 aromatic carbocycles. The fraction of sp³-hybridized carbons (Fsp3) is 0.424. The summed E-state index contributed by atoms with van der Waals surface area (Å²) in [5, 5.41) is 6.94. The fourth-order valence-electron chi connectivity index (χ4n) is 6.12. The van der Waals surface area contributed by atoms with Crippen LogP contribution in [0.3, 0.4) is 0 Å². The van der Waals surface area contributed by atoms with Crippen LogP contribution in [0.5, 0.6) is 0 Å². The summed E-state index contributed by atoms with van der Waals surface area (Å²) < 4.78 is 0. The molecule has 0 radical (unpaired) electrons. The van der Waals surface area contributed by atoms with Crippen LogP contribution in [0.1, 0.15) is 73.7 Å². The van der Waals surface area contributed by atoms with Gasteiger partial charge in [0.1, 0.15) is 5.03 Å². The molecule has 4 N–H and O–H groups in total. The Bertz CT molecular complexity index is 1270. The summed E-state index contributed by atoms with van der Waals surface area (Å²) in [7, 11) is 0. The van der Waals surface area contributed by atoms with Gasteiger partial charge in [-0.3, -0.25) is 9.59 Å². The number of nitrogens with two attached hydrogens (primary N) is 1. The lowest BCUT2D eigenvalue weighted by Crippen LogP contribution is -2.39. The van der Waals surface area contributed by atoms with E-state index in [0.717, 1.165) is 35.1 Å². The predicted octanol–water partition coefficient (Wildman–Crippen LogP) is 6.61. The molecular formula is C33H40N4O2S. The lowest BCUT2D eigenvalue weighted by atomic mass is 9.76. The van der Waals surface area contributed by atoms with Crippen LogP contribution in [0.25, 0.3) is 0 Å². The van der Waals surface area contributed by atoms with Crippen molar-refractivity contribution in [3.8, 4) is 0 Å². The lowest BCUT2D eigenvalue weighted by molar-refractivity contribution is -0.121. The van der Waals surface area contributed by atoms with E-state index in [1.807, 2.05) is 54.6 Å². The third kappa shape index (κ3) is 7.95. The summed E-state index contributed by atoms with van der Waals surface area (Å²) in [6.07, 6.45) is 12.6. The van der Waals surface area contributed by atoms with Gasteiger partial charge >= 0.3 is 0 Å². The first-order chi connectivity index (χ1) is 19.5. The van der Waals surface area contributed by atoms with Gasteiger partial charge in [-0.15, -0.1) is 0 Å². The van der Waals surface area contributed by atoms with Gasteiger partial charge in [0.2, 0.25) is 5.91 Å². The second-order valence-electron chi connectivity index (χ2n) is 11.4. The van der Waals surface area contributed by atoms with Crippen molar-refractivity contribution < 1.29 is 9.59 Å². The number of hydrogen-bond acceptors (Lipinski definition) is 5. The number of amides is 2. The third-order valence-electron chi connectivity index (χ3n) is 8.36. The molecule has 0 aliphatic heterocycles. The van der Waals surface area contributed by atoms with Crippen LogP contribution >= 0.6 is 11.8 Å². The lowest BCUT2D eigenvalue weighted by Gasteiger charge is -2.33. The fourth-order valence-corrected chi connectivity index (χ4v) is 7.02. The summed E-state index contributed by atoms with van der Waals surface area (Å²) in [6.45, 7) is 0. The number of nitrogens with one attached hydrogen (secondary N) is 2. The third-order valence-corrected chi connectivity index (χ3v) is 9.39. The van der Waals surface area contributed by atoms with Gasteiger partial charge in [0.05, 0.1) is 12.0 Å². The van der Waals surface area contributed by atoms with Crippen molar-refractivity contribution in [1.82, 2.24) is 10.3 Å². The maximum Gasteiger partial charge on any atom is 0.258 e. The van der Waals surface area contributed by atoms with E-state index in [4.69, 9.17) is 5.73 Å². The summed E-state index contributed by atoms with van der Waals surface area (Å²) >= 11 is 1.46. The van der Waals surface area contributed by atoms with Crippen molar-refractivity contribution in [2.75, 3.05) is 5.32 Å². The predicted molar refractivity (Wildman–Crippen MR) is 161 cm³/mol. The molecule has 210 valence electrons. The van der Waals surface area contributed by atoms with Crippen LogP contribution in [0.4, 0.5) is 5.69 Å². The maximum absolute atomic E-state index is 13.3. The molecule has 2 amide bonds. The number of anilines is 1. The molecule has 40 heavy (non-hydrogen) atoms. The quantitative estimate of drug-likeness (QED) is 0.276. The monoisotopic (exact) mass is 556 g/mol. The Labute approximate surface area is 241 Å². The highest BCUT2D eigenvalue weighted by Gasteiger charge is 2.27. The second kappa shape index (κ2) is 14.0. The Morgan fingerprint density at radius 3 is 2.25 bits per heavy atom. The molecule has 1 heterocycles. The van der Waals surface area contributed by atoms with Gasteiger partial charge in [-0.1, -0.05) is 48.2 Å². The topological polar surface area (TPSA) is 97.1 Å². The number of rotatable bonds is 9. The number of hydrogen-bond donors (Lipinski definition) is 3. The van der Waals surface area contributed by atoms with E-state index in [1.54, 1.807) is 18.3 Å². The first kappa shape index (κ1) is 28.4. The number of carbonyl (C=O) groups is 2. The average Bonchev–Trinajstić information content (AvgIpc) is 2.97. The van der Waals surface area contributed by atoms with Gasteiger partial charge in [0, 0.05) is 28.9 Å². The maximum atomic E-state index is 13.3. The number of benzene rings is 2. The zero-order chi connectivity index (χ0) is 27.7. The second-order valence-corrected chi connectivity index (χ2v) is 12.4. The Morgan fingerprint density at radius 1 is 0.825 bits per heavy atom. The molecular weight excluding hydrogens is 516 g/mol. The number of aromatic nitrogens is 1. The summed E-state index contributed by atoms with van der Waals surface area (Å²) in [6, 6.07) is 21.6. The normalized spacial score (nSPS) is 22.8. The number of carbonyl (C=O) groups excluding carboxylic acids is 2. The largest absolute Gasteiger partial charge is 0.353 e. The van der Waals surface area contributed by atoms with E-state index in [2.05, 4.69) is 15.6 Å². The van der Waals surface area contributed by atoms with Gasteiger partial charge in [-0.05, 0) is 106 Å². The van der Waals surface area contributed by atoms with E-state index in [9.17, 15) is 9.59 Å². The number of nitrogens with zero attached hydrogens (tertiary/aromatic N) is 1. The molecule has 0 atom stereocenters. The highest BCUT2D eigenvalue weighted by Crippen LogP contribution is 2.35. The molecule has 0 spiro atoms. The molecule has 2 aliphatic carbocycles. The van der Waals surface area contributed by atoms with Crippen molar-refractivity contribution in [3.05, 3.63) is 84.1 Å². The molecule has 2 saturated carbocycles. The molecule has 1 aromatic heterocycles. The highest BCUT2D eigenvalue weighted by molar-refractivity contribution is 7.99. The average molecular weight is 557 g/mol. The number of pyridine rings is 1. The molecule has 2 fully saturated rings. The minimum Gasteiger partial charge on any atom is -0.353 e. The molecule has 0 bridgehead atoms. The van der Waals surface area contributed by atoms with Gasteiger partial charge in [0.15, 0.2) is 0 Å². The minimum atomic E-state index is -0.238. The van der Waals surface area contributed by atoms with Crippen molar-refractivity contribution in [3.63, 3.8) is 0 Å². The first-order valence-electron chi connectivity index (χ1n) is 14.7. The smallest absolute Gasteiger partial charge is 0.258 e. The molecule has 0 unspecified atom stereocenters. The van der Waals surface area contributed by atoms with E-state index < -0.39 is 0 Å². The SMILES string of the molecule is NC1CCC(CC2CCC(NC(=O)Cc3ccccc3NC(=O)c3cccnc3Sc3ccccc3)CC2)CC1. The van der Waals surface area contributed by atoms with Crippen molar-refractivity contribution in [2.45, 2.75) is 86.2 Å². The molecule has 6 nitrogen and oxygen atoms in total. The van der Waals surface area contributed by atoms with Gasteiger partial charge in [-0.2, -0.15) is 0 Å². The van der Waals surface area contributed by atoms with Crippen LogP contribution in [0.2, 0.25) is 0 Å². The molecule has 3 aromatic rings. The van der Waals surface area contributed by atoms with E-state index >= 15 is 0 Å². The summed E-state index contributed by atoms with van der Waals surface area (Å²) in [5.41, 5.74) is 8.04. The van der Waals surface area contributed by atoms with Gasteiger partial charge < -0.3 is 16.4 Å². The highest BCUT2D eigenvalue weighted by atomic mass is 32.2. The van der Waals surface area contributed by atoms with Crippen LogP contribution in [-0.2, 0) is 11.2 Å². The molecule has 0 saturated heterocycles. The van der Waals surface area contributed by atoms with Crippen molar-refractivity contribution in [2.24, 2.45) is 17.6 Å². The Morgan fingerprint density at radius 2 is 1.50 bits per heavy atom. The zero-order valence-electron chi connectivity index (χ0n) is 23.1. The molecule has 2 aliphatic rings. The van der Waals surface area contributed by atoms with Crippen LogP contribution in [0, 0.1) is 11.8 Å². The van der Waals surface area contributed by atoms with Gasteiger partial charge in [0.25, 0.3) is 5.91 Å². The molecule has 7 heteroatoms.